The van der Waals surface area contributed by atoms with Gasteiger partial charge < -0.3 is 15.4 Å². The Labute approximate surface area is 142 Å². The van der Waals surface area contributed by atoms with Crippen LogP contribution in [0.4, 0.5) is 0 Å². The van der Waals surface area contributed by atoms with Crippen molar-refractivity contribution < 1.29 is 14.7 Å². The molecule has 1 atom stereocenters. The van der Waals surface area contributed by atoms with Crippen LogP contribution in [0.25, 0.3) is 21.8 Å². The highest BCUT2D eigenvalue weighted by molar-refractivity contribution is 7.98. The fraction of sp³-hybridized carbons (Fsp3) is 0.235. The molecule has 0 fully saturated rings. The van der Waals surface area contributed by atoms with Crippen molar-refractivity contribution in [3.63, 3.8) is 0 Å². The minimum atomic E-state index is -1.05. The number of hydrogen-bond acceptors (Lipinski definition) is 4. The second kappa shape index (κ2) is 6.52. The number of pyridine rings is 1. The van der Waals surface area contributed by atoms with Gasteiger partial charge >= 0.3 is 5.97 Å². The summed E-state index contributed by atoms with van der Waals surface area (Å²) in [7, 11) is 0. The van der Waals surface area contributed by atoms with Crippen LogP contribution in [-0.4, -0.2) is 45.0 Å². The van der Waals surface area contributed by atoms with Crippen LogP contribution in [0.3, 0.4) is 0 Å². The maximum atomic E-state index is 12.4. The van der Waals surface area contributed by atoms with Crippen molar-refractivity contribution in [2.75, 3.05) is 12.0 Å². The van der Waals surface area contributed by atoms with E-state index in [4.69, 9.17) is 0 Å². The van der Waals surface area contributed by atoms with Gasteiger partial charge in [0.05, 0.1) is 11.2 Å². The number of amides is 1. The Morgan fingerprint density at radius 3 is 2.79 bits per heavy atom. The number of aromatic nitrogens is 2. The number of benzene rings is 1. The van der Waals surface area contributed by atoms with Gasteiger partial charge in [0.15, 0.2) is 0 Å². The Morgan fingerprint density at radius 1 is 1.33 bits per heavy atom. The molecule has 0 saturated carbocycles. The summed E-state index contributed by atoms with van der Waals surface area (Å²) in [5.74, 6) is -1.23. The molecule has 0 aliphatic carbocycles. The first kappa shape index (κ1) is 16.3. The molecule has 2 heterocycles. The van der Waals surface area contributed by atoms with Gasteiger partial charge in [0, 0.05) is 22.0 Å². The number of carbonyl (C=O) groups excluding carboxylic acids is 1. The van der Waals surface area contributed by atoms with Crippen LogP contribution >= 0.6 is 11.8 Å². The average Bonchev–Trinajstić information content (AvgIpc) is 2.93. The van der Waals surface area contributed by atoms with E-state index in [0.717, 1.165) is 21.8 Å². The molecule has 0 aliphatic rings. The fourth-order valence-corrected chi connectivity index (χ4v) is 3.25. The highest BCUT2D eigenvalue weighted by Gasteiger charge is 2.21. The number of fused-ring (bicyclic) bond motifs is 3. The third kappa shape index (κ3) is 2.94. The predicted octanol–water partition coefficient (Wildman–Crippen LogP) is 2.57. The van der Waals surface area contributed by atoms with Gasteiger partial charge in [-0.25, -0.2) is 9.78 Å². The number of carboxylic acids is 1. The second-order valence-electron chi connectivity index (χ2n) is 5.51. The SMILES string of the molecule is CSCC(NC(=O)c1cc2c([nH]c3ccccc32)c(C)n1)C(=O)O. The number of carboxylic acid groups (broad SMARTS) is 1. The van der Waals surface area contributed by atoms with E-state index >= 15 is 0 Å². The molecular weight excluding hydrogens is 326 g/mol. The van der Waals surface area contributed by atoms with Gasteiger partial charge in [-0.3, -0.25) is 4.79 Å². The van der Waals surface area contributed by atoms with Crippen LogP contribution in [0.15, 0.2) is 30.3 Å². The molecule has 2 aromatic heterocycles. The van der Waals surface area contributed by atoms with Gasteiger partial charge in [-0.15, -0.1) is 0 Å². The number of thioether (sulfide) groups is 1. The molecule has 3 aromatic rings. The quantitative estimate of drug-likeness (QED) is 0.662. The smallest absolute Gasteiger partial charge is 0.327 e. The highest BCUT2D eigenvalue weighted by Crippen LogP contribution is 2.27. The molecule has 0 saturated heterocycles. The first-order valence-electron chi connectivity index (χ1n) is 7.42. The summed E-state index contributed by atoms with van der Waals surface area (Å²) in [4.78, 5) is 31.3. The largest absolute Gasteiger partial charge is 0.480 e. The Morgan fingerprint density at radius 2 is 2.08 bits per heavy atom. The molecule has 1 aromatic carbocycles. The predicted molar refractivity (Wildman–Crippen MR) is 95.6 cm³/mol. The maximum Gasteiger partial charge on any atom is 0.327 e. The molecule has 0 bridgehead atoms. The number of aromatic amines is 1. The van der Waals surface area contributed by atoms with Crippen molar-refractivity contribution >= 4 is 45.4 Å². The van der Waals surface area contributed by atoms with E-state index in [2.05, 4.69) is 15.3 Å². The van der Waals surface area contributed by atoms with Gasteiger partial charge in [-0.1, -0.05) is 18.2 Å². The van der Waals surface area contributed by atoms with Crippen molar-refractivity contribution in [2.45, 2.75) is 13.0 Å². The third-order valence-electron chi connectivity index (χ3n) is 3.85. The zero-order valence-corrected chi connectivity index (χ0v) is 14.1. The standard InChI is InChI=1S/C17H17N3O3S/c1-9-15-11(10-5-3-4-6-12(10)19-15)7-13(18-9)16(21)20-14(8-24-2)17(22)23/h3-7,14,19H,8H2,1-2H3,(H,20,21)(H,22,23). The Kier molecular flexibility index (Phi) is 4.44. The third-order valence-corrected chi connectivity index (χ3v) is 4.51. The second-order valence-corrected chi connectivity index (χ2v) is 6.42. The minimum absolute atomic E-state index is 0.220. The number of carbonyl (C=O) groups is 2. The summed E-state index contributed by atoms with van der Waals surface area (Å²) in [6.07, 6.45) is 1.79. The van der Waals surface area contributed by atoms with E-state index in [1.807, 2.05) is 31.2 Å². The molecule has 6 nitrogen and oxygen atoms in total. The van der Waals surface area contributed by atoms with E-state index in [-0.39, 0.29) is 5.69 Å². The average molecular weight is 343 g/mol. The Hall–Kier alpha value is -2.54. The van der Waals surface area contributed by atoms with Gasteiger partial charge in [-0.05, 0) is 25.3 Å². The van der Waals surface area contributed by atoms with Gasteiger partial charge in [0.2, 0.25) is 0 Å². The molecule has 1 amide bonds. The van der Waals surface area contributed by atoms with E-state index in [0.29, 0.717) is 11.4 Å². The van der Waals surface area contributed by atoms with Crippen LogP contribution in [0, 0.1) is 6.92 Å². The van der Waals surface area contributed by atoms with Crippen molar-refractivity contribution in [3.8, 4) is 0 Å². The molecule has 0 spiro atoms. The zero-order chi connectivity index (χ0) is 17.3. The van der Waals surface area contributed by atoms with Crippen LogP contribution in [0.1, 0.15) is 16.2 Å². The molecule has 3 rings (SSSR count). The molecule has 7 heteroatoms. The van der Waals surface area contributed by atoms with Gasteiger partial charge in [-0.2, -0.15) is 11.8 Å². The summed E-state index contributed by atoms with van der Waals surface area (Å²) in [6.45, 7) is 1.82. The number of nitrogens with one attached hydrogen (secondary N) is 2. The number of H-pyrrole nitrogens is 1. The van der Waals surface area contributed by atoms with Gasteiger partial charge in [0.25, 0.3) is 5.91 Å². The first-order chi connectivity index (χ1) is 11.5. The number of aryl methyl sites for hydroxylation is 1. The van der Waals surface area contributed by atoms with Gasteiger partial charge in [0.1, 0.15) is 11.7 Å². The van der Waals surface area contributed by atoms with Crippen LogP contribution in [0.2, 0.25) is 0 Å². The lowest BCUT2D eigenvalue weighted by Crippen LogP contribution is -2.42. The van der Waals surface area contributed by atoms with E-state index in [9.17, 15) is 14.7 Å². The summed E-state index contributed by atoms with van der Waals surface area (Å²) >= 11 is 1.36. The van der Waals surface area contributed by atoms with Crippen LogP contribution in [0.5, 0.6) is 0 Å². The summed E-state index contributed by atoms with van der Waals surface area (Å²) < 4.78 is 0. The molecule has 124 valence electrons. The van der Waals surface area contributed by atoms with Crippen LogP contribution in [-0.2, 0) is 4.79 Å². The normalized spacial score (nSPS) is 12.4. The number of aliphatic carboxylic acids is 1. The molecule has 0 aliphatic heterocycles. The lowest BCUT2D eigenvalue weighted by atomic mass is 10.1. The van der Waals surface area contributed by atoms with Crippen molar-refractivity contribution in [1.82, 2.24) is 15.3 Å². The summed E-state index contributed by atoms with van der Waals surface area (Å²) in [5, 5.41) is 13.6. The zero-order valence-electron chi connectivity index (χ0n) is 13.3. The van der Waals surface area contributed by atoms with E-state index in [1.54, 1.807) is 12.3 Å². The highest BCUT2D eigenvalue weighted by atomic mass is 32.2. The topological polar surface area (TPSA) is 95.1 Å². The number of para-hydroxylation sites is 1. The van der Waals surface area contributed by atoms with Crippen molar-refractivity contribution in [3.05, 3.63) is 41.7 Å². The Bertz CT molecular complexity index is 935. The number of hydrogen-bond donors (Lipinski definition) is 3. The summed E-state index contributed by atoms with van der Waals surface area (Å²) in [6, 6.07) is 8.58. The first-order valence-corrected chi connectivity index (χ1v) is 8.81. The molecule has 3 N–H and O–H groups in total. The fourth-order valence-electron chi connectivity index (χ4n) is 2.69. The monoisotopic (exact) mass is 343 g/mol. The Balaban J connectivity index is 2.01. The summed E-state index contributed by atoms with van der Waals surface area (Å²) in [5.41, 5.74) is 2.77. The lowest BCUT2D eigenvalue weighted by molar-refractivity contribution is -0.138. The molecule has 1 unspecified atom stereocenters. The van der Waals surface area contributed by atoms with E-state index < -0.39 is 17.9 Å². The minimum Gasteiger partial charge on any atom is -0.480 e. The maximum absolute atomic E-state index is 12.4. The lowest BCUT2D eigenvalue weighted by Gasteiger charge is -2.13. The number of nitrogens with zero attached hydrogens (tertiary/aromatic N) is 1. The molecule has 0 radical (unpaired) electrons. The van der Waals surface area contributed by atoms with Crippen molar-refractivity contribution in [1.29, 1.82) is 0 Å². The van der Waals surface area contributed by atoms with Crippen LogP contribution < -0.4 is 5.32 Å². The molecule has 24 heavy (non-hydrogen) atoms. The number of rotatable bonds is 5. The van der Waals surface area contributed by atoms with E-state index in [1.165, 1.54) is 11.8 Å². The molecular formula is C17H17N3O3S. The van der Waals surface area contributed by atoms with Crippen molar-refractivity contribution in [2.24, 2.45) is 0 Å².